The van der Waals surface area contributed by atoms with Crippen molar-refractivity contribution in [1.29, 1.82) is 5.26 Å². The minimum Gasteiger partial charge on any atom is -0.376 e. The van der Waals surface area contributed by atoms with Gasteiger partial charge in [-0.1, -0.05) is 0 Å². The van der Waals surface area contributed by atoms with E-state index in [9.17, 15) is 10.1 Å². The van der Waals surface area contributed by atoms with E-state index in [0.29, 0.717) is 24.5 Å². The molecule has 1 aromatic rings. The molecular formula is C20H31N4O3+. The molecule has 3 heterocycles. The minimum atomic E-state index is -0.0612. The number of quaternary nitrogens is 1. The predicted molar refractivity (Wildman–Crippen MR) is 102 cm³/mol. The first kappa shape index (κ1) is 19.9. The number of nitrogens with zero attached hydrogens (tertiary/aromatic N) is 2. The summed E-state index contributed by atoms with van der Waals surface area (Å²) >= 11 is 0. The Hall–Kier alpha value is -1.88. The second-order valence-corrected chi connectivity index (χ2v) is 7.93. The van der Waals surface area contributed by atoms with Crippen molar-refractivity contribution in [3.63, 3.8) is 0 Å². The lowest BCUT2D eigenvalue weighted by molar-refractivity contribution is -0.907. The van der Waals surface area contributed by atoms with Gasteiger partial charge >= 0.3 is 0 Å². The summed E-state index contributed by atoms with van der Waals surface area (Å²) in [4.78, 5) is 14.0. The molecule has 2 saturated heterocycles. The summed E-state index contributed by atoms with van der Waals surface area (Å²) in [5.74, 6) is 0.552. The zero-order valence-electron chi connectivity index (χ0n) is 16.8. The Morgan fingerprint density at radius 2 is 2.04 bits per heavy atom. The third kappa shape index (κ3) is 4.52. The van der Waals surface area contributed by atoms with Gasteiger partial charge in [-0.25, -0.2) is 0 Å². The van der Waals surface area contributed by atoms with Crippen LogP contribution in [0.3, 0.4) is 0 Å². The van der Waals surface area contributed by atoms with Crippen molar-refractivity contribution in [3.8, 4) is 6.07 Å². The molecule has 3 rings (SSSR count). The normalized spacial score (nSPS) is 28.1. The van der Waals surface area contributed by atoms with Gasteiger partial charge in [-0.15, -0.1) is 0 Å². The van der Waals surface area contributed by atoms with Gasteiger partial charge in [0, 0.05) is 12.3 Å². The Morgan fingerprint density at radius 3 is 2.63 bits per heavy atom. The van der Waals surface area contributed by atoms with Crippen molar-refractivity contribution in [2.24, 2.45) is 0 Å². The summed E-state index contributed by atoms with van der Waals surface area (Å²) in [5.41, 5.74) is 2.49. The van der Waals surface area contributed by atoms with Gasteiger partial charge in [-0.3, -0.25) is 4.79 Å². The van der Waals surface area contributed by atoms with E-state index in [0.717, 1.165) is 43.8 Å². The van der Waals surface area contributed by atoms with Crippen LogP contribution in [-0.2, 0) is 20.8 Å². The molecule has 0 bridgehead atoms. The zero-order valence-corrected chi connectivity index (χ0v) is 16.8. The molecule has 7 nitrogen and oxygen atoms in total. The van der Waals surface area contributed by atoms with Gasteiger partial charge in [0.25, 0.3) is 5.91 Å². The lowest BCUT2D eigenvalue weighted by Crippen LogP contribution is -3.16. The van der Waals surface area contributed by atoms with Crippen molar-refractivity contribution in [3.05, 3.63) is 16.8 Å². The van der Waals surface area contributed by atoms with E-state index in [-0.39, 0.29) is 24.2 Å². The topological polar surface area (TPSA) is 80.7 Å². The van der Waals surface area contributed by atoms with Gasteiger partial charge in [-0.2, -0.15) is 5.26 Å². The Balaban J connectivity index is 1.75. The monoisotopic (exact) mass is 375 g/mol. The number of anilines is 1. The van der Waals surface area contributed by atoms with E-state index in [1.165, 1.54) is 4.90 Å². The molecule has 0 aromatic carbocycles. The summed E-state index contributed by atoms with van der Waals surface area (Å²) in [7, 11) is 0. The zero-order chi connectivity index (χ0) is 19.6. The highest BCUT2D eigenvalue weighted by atomic mass is 16.5. The van der Waals surface area contributed by atoms with Crippen molar-refractivity contribution < 1.29 is 19.2 Å². The second kappa shape index (κ2) is 8.42. The number of nitriles is 1. The van der Waals surface area contributed by atoms with Crippen molar-refractivity contribution in [1.82, 2.24) is 4.57 Å². The molecule has 0 unspecified atom stereocenters. The number of rotatable bonds is 5. The fraction of sp³-hybridized carbons (Fsp3) is 0.700. The first-order chi connectivity index (χ1) is 12.9. The third-order valence-electron chi connectivity index (χ3n) is 5.64. The van der Waals surface area contributed by atoms with Crippen molar-refractivity contribution >= 4 is 11.7 Å². The minimum absolute atomic E-state index is 0.0612. The summed E-state index contributed by atoms with van der Waals surface area (Å²) in [6, 6.07) is 2.27. The predicted octanol–water partition coefficient (Wildman–Crippen LogP) is 0.786. The number of carbonyl (C=O) groups is 1. The molecule has 0 aliphatic carbocycles. The lowest BCUT2D eigenvalue weighted by Gasteiger charge is -2.32. The number of ether oxygens (including phenoxy) is 2. The number of amides is 1. The Labute approximate surface area is 161 Å². The fourth-order valence-electron chi connectivity index (χ4n) is 4.29. The molecule has 148 valence electrons. The average Bonchev–Trinajstić information content (AvgIpc) is 3.17. The highest BCUT2D eigenvalue weighted by molar-refractivity contribution is 5.92. The number of carbonyl (C=O) groups excluding carboxylic acids is 1. The number of morpholine rings is 1. The Morgan fingerprint density at radius 1 is 1.33 bits per heavy atom. The molecule has 0 saturated carbocycles. The molecule has 0 radical (unpaired) electrons. The summed E-state index contributed by atoms with van der Waals surface area (Å²) in [5, 5.41) is 12.7. The van der Waals surface area contributed by atoms with Crippen LogP contribution in [0, 0.1) is 25.2 Å². The van der Waals surface area contributed by atoms with Crippen LogP contribution in [0.4, 0.5) is 5.82 Å². The molecule has 27 heavy (non-hydrogen) atoms. The van der Waals surface area contributed by atoms with E-state index < -0.39 is 0 Å². The van der Waals surface area contributed by atoms with E-state index in [1.54, 1.807) is 0 Å². The highest BCUT2D eigenvalue weighted by Crippen LogP contribution is 2.28. The number of hydrogen-bond donors (Lipinski definition) is 2. The molecule has 7 heteroatoms. The van der Waals surface area contributed by atoms with Crippen LogP contribution < -0.4 is 10.2 Å². The van der Waals surface area contributed by atoms with Gasteiger partial charge in [0.05, 0.1) is 18.2 Å². The second-order valence-electron chi connectivity index (χ2n) is 7.93. The van der Waals surface area contributed by atoms with Crippen molar-refractivity contribution in [2.45, 2.75) is 65.4 Å². The Kier molecular flexibility index (Phi) is 6.20. The summed E-state index contributed by atoms with van der Waals surface area (Å²) in [6.07, 6.45) is 2.52. The first-order valence-electron chi connectivity index (χ1n) is 9.89. The fourth-order valence-corrected chi connectivity index (χ4v) is 4.29. The van der Waals surface area contributed by atoms with Gasteiger partial charge in [0.2, 0.25) is 0 Å². The molecule has 1 amide bonds. The SMILES string of the molecule is Cc1c(C#N)c(NC(=O)C[NH+]2C[C@@H](C)O[C@H](C)C2)n(C[C@@H]2CCCO2)c1C. The lowest BCUT2D eigenvalue weighted by atomic mass is 10.2. The molecule has 0 spiro atoms. The molecule has 2 aliphatic rings. The quantitative estimate of drug-likeness (QED) is 0.797. The van der Waals surface area contributed by atoms with Crippen LogP contribution in [0.5, 0.6) is 0 Å². The van der Waals surface area contributed by atoms with E-state index >= 15 is 0 Å². The third-order valence-corrected chi connectivity index (χ3v) is 5.64. The van der Waals surface area contributed by atoms with Crippen LogP contribution >= 0.6 is 0 Å². The average molecular weight is 375 g/mol. The molecule has 2 fully saturated rings. The number of hydrogen-bond acceptors (Lipinski definition) is 4. The van der Waals surface area contributed by atoms with Crippen LogP contribution in [0.25, 0.3) is 0 Å². The van der Waals surface area contributed by atoms with Gasteiger partial charge in [-0.05, 0) is 46.1 Å². The molecule has 3 atom stereocenters. The van der Waals surface area contributed by atoms with Gasteiger partial charge in [0.1, 0.15) is 37.2 Å². The number of aromatic nitrogens is 1. The summed E-state index contributed by atoms with van der Waals surface area (Å²) < 4.78 is 13.6. The van der Waals surface area contributed by atoms with E-state index in [2.05, 4.69) is 11.4 Å². The van der Waals surface area contributed by atoms with Crippen LogP contribution in [0.15, 0.2) is 0 Å². The van der Waals surface area contributed by atoms with Gasteiger partial charge < -0.3 is 24.3 Å². The summed E-state index contributed by atoms with van der Waals surface area (Å²) in [6.45, 7) is 11.5. The standard InChI is InChI=1S/C20H30N4O3/c1-13-9-23(10-14(2)27-13)12-19(25)22-20-18(8-21)15(3)16(4)24(20)11-17-6-5-7-26-17/h13-14,17H,5-7,9-12H2,1-4H3,(H,22,25)/p+1/t13-,14-,17+/m1/s1. The number of nitrogens with one attached hydrogen (secondary N) is 2. The maximum Gasteiger partial charge on any atom is 0.280 e. The maximum absolute atomic E-state index is 12.7. The molecule has 1 aromatic heterocycles. The molecule has 2 N–H and O–H groups in total. The van der Waals surface area contributed by atoms with Crippen LogP contribution in [0.1, 0.15) is 43.5 Å². The van der Waals surface area contributed by atoms with E-state index in [4.69, 9.17) is 9.47 Å². The smallest absolute Gasteiger partial charge is 0.280 e. The van der Waals surface area contributed by atoms with E-state index in [1.807, 2.05) is 32.3 Å². The van der Waals surface area contributed by atoms with Crippen molar-refractivity contribution in [2.75, 3.05) is 31.6 Å². The molecular weight excluding hydrogens is 344 g/mol. The maximum atomic E-state index is 12.7. The molecule has 2 aliphatic heterocycles. The largest absolute Gasteiger partial charge is 0.376 e. The first-order valence-corrected chi connectivity index (χ1v) is 9.89. The highest BCUT2D eigenvalue weighted by Gasteiger charge is 2.29. The van der Waals surface area contributed by atoms with Crippen LogP contribution in [0.2, 0.25) is 0 Å². The Bertz CT molecular complexity index is 721. The van der Waals surface area contributed by atoms with Gasteiger partial charge in [0.15, 0.2) is 6.54 Å². The van der Waals surface area contributed by atoms with Crippen LogP contribution in [-0.4, -0.2) is 55.0 Å².